The van der Waals surface area contributed by atoms with Crippen LogP contribution in [-0.4, -0.2) is 35.2 Å². The molecule has 1 atom stereocenters. The molecule has 3 N–H and O–H groups in total. The van der Waals surface area contributed by atoms with E-state index < -0.39 is 23.6 Å². The first-order valence-corrected chi connectivity index (χ1v) is 10.1. The van der Waals surface area contributed by atoms with Gasteiger partial charge < -0.3 is 15.5 Å². The fourth-order valence-corrected chi connectivity index (χ4v) is 4.39. The van der Waals surface area contributed by atoms with E-state index in [-0.39, 0.29) is 25.1 Å². The molecule has 0 spiro atoms. The predicted octanol–water partition coefficient (Wildman–Crippen LogP) is 3.66. The number of halogens is 1. The van der Waals surface area contributed by atoms with Crippen LogP contribution in [-0.2, 0) is 16.0 Å². The zero-order valence-electron chi connectivity index (χ0n) is 16.8. The Morgan fingerprint density at radius 1 is 1.03 bits per heavy atom. The van der Waals surface area contributed by atoms with Crippen molar-refractivity contribution in [2.75, 3.05) is 13.2 Å². The second kappa shape index (κ2) is 8.70. The molecule has 1 aliphatic carbocycles. The van der Waals surface area contributed by atoms with Crippen molar-refractivity contribution in [3.05, 3.63) is 88.7 Å². The summed E-state index contributed by atoms with van der Waals surface area (Å²) >= 11 is 0. The van der Waals surface area contributed by atoms with Gasteiger partial charge in [0.2, 0.25) is 5.91 Å². The molecule has 158 valence electrons. The molecule has 1 amide bonds. The van der Waals surface area contributed by atoms with E-state index in [1.165, 1.54) is 12.1 Å². The first-order valence-electron chi connectivity index (χ1n) is 10.1. The van der Waals surface area contributed by atoms with Gasteiger partial charge in [0, 0.05) is 18.0 Å². The lowest BCUT2D eigenvalue weighted by molar-refractivity contribution is -0.132. The number of fused-ring (bicyclic) bond motifs is 2. The van der Waals surface area contributed by atoms with Gasteiger partial charge in [-0.3, -0.25) is 4.79 Å². The summed E-state index contributed by atoms with van der Waals surface area (Å²) in [6, 6.07) is 18.0. The summed E-state index contributed by atoms with van der Waals surface area (Å²) in [5, 5.41) is 23.6. The third kappa shape index (κ3) is 4.07. The van der Waals surface area contributed by atoms with E-state index in [4.69, 9.17) is 5.11 Å². The Balaban J connectivity index is 1.80. The number of aliphatic hydroxyl groups excluding tert-OH is 1. The van der Waals surface area contributed by atoms with E-state index in [2.05, 4.69) is 5.32 Å². The molecule has 31 heavy (non-hydrogen) atoms. The van der Waals surface area contributed by atoms with Crippen molar-refractivity contribution in [2.45, 2.75) is 18.8 Å². The number of hydrogen-bond acceptors (Lipinski definition) is 3. The zero-order chi connectivity index (χ0) is 22.0. The van der Waals surface area contributed by atoms with Crippen LogP contribution < -0.4 is 5.32 Å². The van der Waals surface area contributed by atoms with Gasteiger partial charge in [0.15, 0.2) is 0 Å². The van der Waals surface area contributed by atoms with Gasteiger partial charge >= 0.3 is 5.97 Å². The molecule has 0 radical (unpaired) electrons. The highest BCUT2D eigenvalue weighted by atomic mass is 19.1. The van der Waals surface area contributed by atoms with Crippen molar-refractivity contribution in [2.24, 2.45) is 0 Å². The van der Waals surface area contributed by atoms with Crippen LogP contribution >= 0.6 is 0 Å². The number of aliphatic hydroxyl groups is 1. The van der Waals surface area contributed by atoms with E-state index in [9.17, 15) is 19.1 Å². The monoisotopic (exact) mass is 419 g/mol. The minimum Gasteiger partial charge on any atom is -0.478 e. The molecule has 0 saturated carbocycles. The van der Waals surface area contributed by atoms with Crippen molar-refractivity contribution in [1.82, 2.24) is 5.32 Å². The molecule has 0 aromatic heterocycles. The molecule has 0 saturated heterocycles. The summed E-state index contributed by atoms with van der Waals surface area (Å²) in [5.74, 6) is -2.52. The molecule has 3 aromatic carbocycles. The topological polar surface area (TPSA) is 86.6 Å². The van der Waals surface area contributed by atoms with E-state index in [1.807, 2.05) is 42.5 Å². The van der Waals surface area contributed by atoms with Gasteiger partial charge in [-0.2, -0.15) is 0 Å². The number of benzene rings is 3. The van der Waals surface area contributed by atoms with Gasteiger partial charge in [-0.1, -0.05) is 48.5 Å². The van der Waals surface area contributed by atoms with Crippen molar-refractivity contribution in [1.29, 1.82) is 0 Å². The van der Waals surface area contributed by atoms with Crippen molar-refractivity contribution < 1.29 is 24.2 Å². The van der Waals surface area contributed by atoms with Crippen LogP contribution in [0.25, 0.3) is 16.3 Å². The van der Waals surface area contributed by atoms with Gasteiger partial charge in [0.25, 0.3) is 0 Å². The van der Waals surface area contributed by atoms with Crippen molar-refractivity contribution in [3.8, 4) is 0 Å². The molecular formula is C25H22FNO4. The van der Waals surface area contributed by atoms with Crippen LogP contribution in [0.3, 0.4) is 0 Å². The van der Waals surface area contributed by atoms with Crippen LogP contribution in [0, 0.1) is 5.82 Å². The summed E-state index contributed by atoms with van der Waals surface area (Å²) < 4.78 is 14.1. The Morgan fingerprint density at radius 3 is 2.58 bits per heavy atom. The lowest BCUT2D eigenvalue weighted by Gasteiger charge is -2.16. The Morgan fingerprint density at radius 2 is 1.81 bits per heavy atom. The maximum absolute atomic E-state index is 14.1. The maximum atomic E-state index is 14.1. The summed E-state index contributed by atoms with van der Waals surface area (Å²) in [6.45, 7) is -0.143. The number of hydrogen-bond donors (Lipinski definition) is 3. The van der Waals surface area contributed by atoms with Crippen LogP contribution in [0.2, 0.25) is 0 Å². The molecule has 3 aromatic rings. The number of carbonyl (C=O) groups excluding carboxylic acids is 1. The third-order valence-electron chi connectivity index (χ3n) is 5.70. The fraction of sp³-hybridized carbons (Fsp3) is 0.200. The molecule has 1 unspecified atom stereocenters. The first-order chi connectivity index (χ1) is 15.0. The van der Waals surface area contributed by atoms with E-state index in [0.717, 1.165) is 16.3 Å². The number of nitrogens with one attached hydrogen (secondary N) is 1. The van der Waals surface area contributed by atoms with Crippen LogP contribution in [0.15, 0.2) is 66.2 Å². The average Bonchev–Trinajstić information content (AvgIpc) is 3.05. The second-order valence-electron chi connectivity index (χ2n) is 7.57. The van der Waals surface area contributed by atoms with Crippen molar-refractivity contribution in [3.63, 3.8) is 0 Å². The molecule has 0 heterocycles. The number of rotatable bonds is 7. The first kappa shape index (κ1) is 20.8. The SMILES string of the molecule is O=C(CC1=C(C(=O)O)C(Cc2cccc3ccccc23)c2ccc(F)cc21)NCCO. The molecule has 1 aliphatic rings. The average molecular weight is 419 g/mol. The van der Waals surface area contributed by atoms with Crippen LogP contribution in [0.4, 0.5) is 4.39 Å². The Labute approximate surface area is 178 Å². The van der Waals surface area contributed by atoms with Crippen molar-refractivity contribution >= 4 is 28.2 Å². The maximum Gasteiger partial charge on any atom is 0.332 e. The third-order valence-corrected chi connectivity index (χ3v) is 5.70. The molecule has 6 heteroatoms. The molecular weight excluding hydrogens is 397 g/mol. The van der Waals surface area contributed by atoms with Crippen LogP contribution in [0.5, 0.6) is 0 Å². The van der Waals surface area contributed by atoms with E-state index >= 15 is 0 Å². The smallest absolute Gasteiger partial charge is 0.332 e. The number of aliphatic carboxylic acids is 1. The molecule has 0 fully saturated rings. The molecule has 0 bridgehead atoms. The van der Waals surface area contributed by atoms with Gasteiger partial charge in [-0.05, 0) is 51.6 Å². The van der Waals surface area contributed by atoms with Gasteiger partial charge in [0.05, 0.1) is 13.0 Å². The highest BCUT2D eigenvalue weighted by Crippen LogP contribution is 2.46. The Kier molecular flexibility index (Phi) is 5.82. The predicted molar refractivity (Wildman–Crippen MR) is 116 cm³/mol. The molecule has 5 nitrogen and oxygen atoms in total. The van der Waals surface area contributed by atoms with Gasteiger partial charge in [-0.15, -0.1) is 0 Å². The highest BCUT2D eigenvalue weighted by Gasteiger charge is 2.36. The lowest BCUT2D eigenvalue weighted by atomic mass is 9.87. The van der Waals surface area contributed by atoms with Crippen LogP contribution in [0.1, 0.15) is 29.0 Å². The molecule has 4 rings (SSSR count). The number of carboxylic acid groups (broad SMARTS) is 1. The van der Waals surface area contributed by atoms with Gasteiger partial charge in [-0.25, -0.2) is 9.18 Å². The number of carbonyl (C=O) groups is 2. The Bertz CT molecular complexity index is 1200. The lowest BCUT2D eigenvalue weighted by Crippen LogP contribution is -2.26. The quantitative estimate of drug-likeness (QED) is 0.546. The summed E-state index contributed by atoms with van der Waals surface area (Å²) in [4.78, 5) is 24.6. The largest absolute Gasteiger partial charge is 0.478 e. The van der Waals surface area contributed by atoms with E-state index in [1.54, 1.807) is 6.07 Å². The summed E-state index contributed by atoms with van der Waals surface area (Å²) in [6.07, 6.45) is 0.230. The highest BCUT2D eigenvalue weighted by molar-refractivity contribution is 6.05. The normalized spacial score (nSPS) is 15.2. The van der Waals surface area contributed by atoms with E-state index in [0.29, 0.717) is 23.1 Å². The second-order valence-corrected chi connectivity index (χ2v) is 7.57. The summed E-state index contributed by atoms with van der Waals surface area (Å²) in [5.41, 5.74) is 2.59. The number of carboxylic acids is 1. The zero-order valence-corrected chi connectivity index (χ0v) is 16.8. The fourth-order valence-electron chi connectivity index (χ4n) is 4.39. The number of amides is 1. The summed E-state index contributed by atoms with van der Waals surface area (Å²) in [7, 11) is 0. The minimum absolute atomic E-state index is 0.0734. The minimum atomic E-state index is -1.12. The molecule has 0 aliphatic heterocycles. The van der Waals surface area contributed by atoms with Gasteiger partial charge in [0.1, 0.15) is 5.82 Å². The Hall–Kier alpha value is -3.51. The standard InChI is InChI=1S/C25H22FNO4/c26-17-8-9-19-20(13-17)22(14-23(29)27-10-11-28)24(25(30)31)21(19)12-16-6-3-5-15-4-1-2-7-18(15)16/h1-9,13,21,28H,10-12,14H2,(H,27,29)(H,30,31).